The molecule has 1 atom stereocenters. The van der Waals surface area contributed by atoms with E-state index in [1.54, 1.807) is 0 Å². The van der Waals surface area contributed by atoms with E-state index in [-0.39, 0.29) is 11.9 Å². The molecule has 1 unspecified atom stereocenters. The zero-order valence-corrected chi connectivity index (χ0v) is 17.1. The summed E-state index contributed by atoms with van der Waals surface area (Å²) in [5.41, 5.74) is 3.50. The van der Waals surface area contributed by atoms with E-state index in [4.69, 9.17) is 9.47 Å². The first-order chi connectivity index (χ1) is 14.8. The summed E-state index contributed by atoms with van der Waals surface area (Å²) in [4.78, 5) is 12.4. The molecule has 30 heavy (non-hydrogen) atoms. The minimum Gasteiger partial charge on any atom is -0.488 e. The van der Waals surface area contributed by atoms with Crippen molar-refractivity contribution >= 4 is 27.5 Å². The van der Waals surface area contributed by atoms with Gasteiger partial charge in [-0.1, -0.05) is 66.7 Å². The molecule has 3 heteroatoms. The third-order valence-electron chi connectivity index (χ3n) is 6.17. The van der Waals surface area contributed by atoms with E-state index in [0.29, 0.717) is 6.61 Å². The summed E-state index contributed by atoms with van der Waals surface area (Å²) in [5, 5.41) is 4.69. The summed E-state index contributed by atoms with van der Waals surface area (Å²) >= 11 is 0. The predicted octanol–water partition coefficient (Wildman–Crippen LogP) is 6.16. The van der Waals surface area contributed by atoms with Crippen LogP contribution in [0.15, 0.2) is 72.8 Å². The van der Waals surface area contributed by atoms with E-state index < -0.39 is 0 Å². The Morgan fingerprint density at radius 1 is 0.900 bits per heavy atom. The summed E-state index contributed by atoms with van der Waals surface area (Å²) in [6.45, 7) is 0.524. The lowest BCUT2D eigenvalue weighted by Gasteiger charge is -2.25. The van der Waals surface area contributed by atoms with Gasteiger partial charge in [0.05, 0.1) is 13.0 Å². The van der Waals surface area contributed by atoms with Crippen LogP contribution in [0.3, 0.4) is 0 Å². The molecule has 0 aliphatic heterocycles. The number of carbonyl (C=O) groups excluding carboxylic acids is 1. The molecule has 3 nitrogen and oxygen atoms in total. The van der Waals surface area contributed by atoms with Gasteiger partial charge in [-0.3, -0.25) is 4.79 Å². The summed E-state index contributed by atoms with van der Waals surface area (Å²) in [6.07, 6.45) is 2.80. The Morgan fingerprint density at radius 2 is 1.63 bits per heavy atom. The van der Waals surface area contributed by atoms with Gasteiger partial charge in [0.1, 0.15) is 12.4 Å². The van der Waals surface area contributed by atoms with Crippen molar-refractivity contribution in [2.24, 2.45) is 0 Å². The van der Waals surface area contributed by atoms with Crippen LogP contribution in [0.2, 0.25) is 0 Å². The van der Waals surface area contributed by atoms with Crippen molar-refractivity contribution in [1.29, 1.82) is 0 Å². The van der Waals surface area contributed by atoms with Crippen LogP contribution in [0.1, 0.15) is 35.4 Å². The highest BCUT2D eigenvalue weighted by molar-refractivity contribution is 6.11. The molecule has 0 saturated heterocycles. The lowest BCUT2D eigenvalue weighted by Crippen LogP contribution is -2.20. The van der Waals surface area contributed by atoms with Gasteiger partial charge in [-0.25, -0.2) is 0 Å². The van der Waals surface area contributed by atoms with Gasteiger partial charge in [-0.05, 0) is 58.2 Å². The topological polar surface area (TPSA) is 35.5 Å². The third-order valence-corrected chi connectivity index (χ3v) is 6.17. The first-order valence-electron chi connectivity index (χ1n) is 10.5. The number of hydrogen-bond acceptors (Lipinski definition) is 3. The molecule has 0 amide bonds. The van der Waals surface area contributed by atoms with Crippen molar-refractivity contribution < 1.29 is 14.3 Å². The molecule has 0 fully saturated rings. The van der Waals surface area contributed by atoms with Crippen LogP contribution in [0.4, 0.5) is 0 Å². The monoisotopic (exact) mass is 396 g/mol. The van der Waals surface area contributed by atoms with Crippen molar-refractivity contribution in [1.82, 2.24) is 0 Å². The second-order valence-corrected chi connectivity index (χ2v) is 7.89. The molecule has 0 bridgehead atoms. The molecular formula is C27H24O3. The second kappa shape index (κ2) is 7.83. The summed E-state index contributed by atoms with van der Waals surface area (Å²) in [5.74, 6) is 0.565. The quantitative estimate of drug-likeness (QED) is 0.306. The second-order valence-electron chi connectivity index (χ2n) is 7.89. The molecule has 0 radical (unpaired) electrons. The van der Waals surface area contributed by atoms with Crippen LogP contribution in [-0.2, 0) is 22.6 Å². The molecule has 0 heterocycles. The number of hydrogen-bond donors (Lipinski definition) is 0. The van der Waals surface area contributed by atoms with Crippen LogP contribution >= 0.6 is 0 Å². The molecule has 5 rings (SSSR count). The molecule has 0 aromatic heterocycles. The average Bonchev–Trinajstić information content (AvgIpc) is 2.82. The molecule has 0 spiro atoms. The highest BCUT2D eigenvalue weighted by Crippen LogP contribution is 2.41. The third kappa shape index (κ3) is 3.21. The SMILES string of the molecule is COC(=O)C1CCCc2c1ccc1c2cc(OCc2ccccc2)c2ccccc21. The lowest BCUT2D eigenvalue weighted by atomic mass is 9.80. The number of fused-ring (bicyclic) bond motifs is 5. The van der Waals surface area contributed by atoms with E-state index in [9.17, 15) is 4.79 Å². The van der Waals surface area contributed by atoms with Crippen LogP contribution in [0, 0.1) is 0 Å². The first-order valence-corrected chi connectivity index (χ1v) is 10.5. The zero-order chi connectivity index (χ0) is 20.5. The summed E-state index contributed by atoms with van der Waals surface area (Å²) in [7, 11) is 1.47. The first kappa shape index (κ1) is 18.7. The van der Waals surface area contributed by atoms with E-state index in [2.05, 4.69) is 54.6 Å². The molecule has 4 aromatic rings. The van der Waals surface area contributed by atoms with Gasteiger partial charge in [0, 0.05) is 5.39 Å². The maximum Gasteiger partial charge on any atom is 0.313 e. The number of carbonyl (C=O) groups is 1. The largest absolute Gasteiger partial charge is 0.488 e. The van der Waals surface area contributed by atoms with Gasteiger partial charge in [-0.2, -0.15) is 0 Å². The molecule has 0 N–H and O–H groups in total. The molecule has 4 aromatic carbocycles. The lowest BCUT2D eigenvalue weighted by molar-refractivity contribution is -0.142. The van der Waals surface area contributed by atoms with Crippen LogP contribution < -0.4 is 4.74 Å². The summed E-state index contributed by atoms with van der Waals surface area (Å²) < 4.78 is 11.4. The minimum atomic E-state index is -0.177. The van der Waals surface area contributed by atoms with Crippen LogP contribution in [-0.4, -0.2) is 13.1 Å². The Bertz CT molecular complexity index is 1230. The fourth-order valence-electron chi connectivity index (χ4n) is 4.71. The number of aryl methyl sites for hydroxylation is 1. The predicted molar refractivity (Wildman–Crippen MR) is 120 cm³/mol. The zero-order valence-electron chi connectivity index (χ0n) is 17.1. The number of rotatable bonds is 4. The van der Waals surface area contributed by atoms with E-state index in [1.807, 2.05) is 18.2 Å². The molecule has 0 saturated carbocycles. The Hall–Kier alpha value is -3.33. The van der Waals surface area contributed by atoms with Crippen LogP contribution in [0.5, 0.6) is 5.75 Å². The number of ether oxygens (including phenoxy) is 2. The summed E-state index contributed by atoms with van der Waals surface area (Å²) in [6, 6.07) is 25.0. The maximum absolute atomic E-state index is 12.4. The number of methoxy groups -OCH3 is 1. The standard InChI is InChI=1S/C27H24O3/c1-29-27(28)24-13-7-12-20-21(24)14-15-22-19-10-5-6-11-23(19)26(16-25(20)22)30-17-18-8-3-2-4-9-18/h2-6,8-11,14-16,24H,7,12-13,17H2,1H3. The van der Waals surface area contributed by atoms with E-state index in [0.717, 1.165) is 41.5 Å². The average molecular weight is 396 g/mol. The van der Waals surface area contributed by atoms with Crippen molar-refractivity contribution in [3.8, 4) is 5.75 Å². The van der Waals surface area contributed by atoms with Crippen molar-refractivity contribution in [2.75, 3.05) is 7.11 Å². The molecular weight excluding hydrogens is 372 g/mol. The normalized spacial score (nSPS) is 15.7. The minimum absolute atomic E-state index is 0.142. The maximum atomic E-state index is 12.4. The van der Waals surface area contributed by atoms with Crippen LogP contribution in [0.25, 0.3) is 21.5 Å². The van der Waals surface area contributed by atoms with Gasteiger partial charge in [0.25, 0.3) is 0 Å². The van der Waals surface area contributed by atoms with Crippen molar-refractivity contribution in [3.05, 3.63) is 89.5 Å². The van der Waals surface area contributed by atoms with Gasteiger partial charge >= 0.3 is 5.97 Å². The number of esters is 1. The molecule has 1 aliphatic rings. The van der Waals surface area contributed by atoms with Crippen molar-refractivity contribution in [2.45, 2.75) is 31.8 Å². The highest BCUT2D eigenvalue weighted by atomic mass is 16.5. The van der Waals surface area contributed by atoms with E-state index in [1.165, 1.54) is 28.8 Å². The van der Waals surface area contributed by atoms with Gasteiger partial charge < -0.3 is 9.47 Å². The van der Waals surface area contributed by atoms with Gasteiger partial charge in [0.2, 0.25) is 0 Å². The highest BCUT2D eigenvalue weighted by Gasteiger charge is 2.28. The number of benzene rings is 4. The Morgan fingerprint density at radius 3 is 2.43 bits per heavy atom. The van der Waals surface area contributed by atoms with Gasteiger partial charge in [-0.15, -0.1) is 0 Å². The fraction of sp³-hybridized carbons (Fsp3) is 0.222. The molecule has 150 valence electrons. The smallest absolute Gasteiger partial charge is 0.313 e. The Balaban J connectivity index is 1.67. The van der Waals surface area contributed by atoms with Gasteiger partial charge in [0.15, 0.2) is 0 Å². The fourth-order valence-corrected chi connectivity index (χ4v) is 4.71. The van der Waals surface area contributed by atoms with E-state index >= 15 is 0 Å². The Kier molecular flexibility index (Phi) is 4.88. The Labute approximate surface area is 176 Å². The van der Waals surface area contributed by atoms with Crippen molar-refractivity contribution in [3.63, 3.8) is 0 Å². The molecule has 1 aliphatic carbocycles.